The predicted octanol–water partition coefficient (Wildman–Crippen LogP) is 1.90. The molecule has 0 atom stereocenters. The predicted molar refractivity (Wildman–Crippen MR) is 69.6 cm³/mol. The molecule has 0 spiro atoms. The molecule has 6 nitrogen and oxygen atoms in total. The highest BCUT2D eigenvalue weighted by Crippen LogP contribution is 2.31. The molecular weight excluding hydrogens is 301 g/mol. The molecule has 0 aliphatic carbocycles. The van der Waals surface area contributed by atoms with Crippen molar-refractivity contribution in [2.24, 2.45) is 0 Å². The van der Waals surface area contributed by atoms with Gasteiger partial charge in [0.25, 0.3) is 0 Å². The molecule has 22 heavy (non-hydrogen) atoms. The van der Waals surface area contributed by atoms with Crippen molar-refractivity contribution in [3.05, 3.63) is 52.8 Å². The minimum absolute atomic E-state index is 0.208. The van der Waals surface area contributed by atoms with E-state index in [0.29, 0.717) is 6.20 Å². The number of hydrogen-bond donors (Lipinski definition) is 1. The van der Waals surface area contributed by atoms with Crippen LogP contribution >= 0.6 is 0 Å². The van der Waals surface area contributed by atoms with Crippen LogP contribution in [0.25, 0.3) is 16.7 Å². The van der Waals surface area contributed by atoms with E-state index in [2.05, 4.69) is 15.0 Å². The molecule has 3 rings (SSSR count). The molecule has 0 saturated heterocycles. The van der Waals surface area contributed by atoms with Crippen LogP contribution in [0.2, 0.25) is 0 Å². The number of aromatic hydroxyl groups is 1. The lowest BCUT2D eigenvalue weighted by atomic mass is 10.2. The van der Waals surface area contributed by atoms with E-state index in [4.69, 9.17) is 0 Å². The fourth-order valence-electron chi connectivity index (χ4n) is 1.98. The lowest BCUT2D eigenvalue weighted by Crippen LogP contribution is -2.22. The molecule has 0 fully saturated rings. The van der Waals surface area contributed by atoms with Crippen LogP contribution in [0.5, 0.6) is 5.88 Å². The van der Waals surface area contributed by atoms with Crippen LogP contribution in [0.4, 0.5) is 13.2 Å². The van der Waals surface area contributed by atoms with E-state index in [0.717, 1.165) is 10.6 Å². The fourth-order valence-corrected chi connectivity index (χ4v) is 1.98. The Morgan fingerprint density at radius 1 is 1.23 bits per heavy atom. The van der Waals surface area contributed by atoms with E-state index < -0.39 is 23.3 Å². The molecule has 0 aliphatic heterocycles. The van der Waals surface area contributed by atoms with Gasteiger partial charge in [0.2, 0.25) is 5.88 Å². The molecule has 3 heterocycles. The van der Waals surface area contributed by atoms with Crippen LogP contribution < -0.4 is 5.69 Å². The van der Waals surface area contributed by atoms with E-state index in [1.165, 1.54) is 24.5 Å². The third-order valence-corrected chi connectivity index (χ3v) is 2.94. The number of alkyl halides is 3. The van der Waals surface area contributed by atoms with Gasteiger partial charge < -0.3 is 5.11 Å². The first-order valence-corrected chi connectivity index (χ1v) is 5.97. The highest BCUT2D eigenvalue weighted by Gasteiger charge is 2.32. The van der Waals surface area contributed by atoms with Gasteiger partial charge >= 0.3 is 11.9 Å². The summed E-state index contributed by atoms with van der Waals surface area (Å²) in [7, 11) is 0. The van der Waals surface area contributed by atoms with Gasteiger partial charge in [-0.1, -0.05) is 0 Å². The van der Waals surface area contributed by atoms with Crippen molar-refractivity contribution in [3.8, 4) is 11.6 Å². The van der Waals surface area contributed by atoms with E-state index in [-0.39, 0.29) is 16.7 Å². The lowest BCUT2D eigenvalue weighted by molar-refractivity contribution is -0.137. The topological polar surface area (TPSA) is 80.9 Å². The molecule has 0 bridgehead atoms. The zero-order valence-electron chi connectivity index (χ0n) is 10.7. The summed E-state index contributed by atoms with van der Waals surface area (Å²) in [4.78, 5) is 22.7. The van der Waals surface area contributed by atoms with Crippen molar-refractivity contribution in [2.75, 3.05) is 0 Å². The first kappa shape index (κ1) is 14.0. The number of hydrogen-bond acceptors (Lipinski definition) is 5. The van der Waals surface area contributed by atoms with Crippen LogP contribution in [0.15, 0.2) is 41.6 Å². The largest absolute Gasteiger partial charge is 0.492 e. The van der Waals surface area contributed by atoms with Crippen LogP contribution in [-0.2, 0) is 6.18 Å². The number of nitrogens with zero attached hydrogens (tertiary/aromatic N) is 4. The van der Waals surface area contributed by atoms with Gasteiger partial charge in [-0.15, -0.1) is 0 Å². The first-order valence-electron chi connectivity index (χ1n) is 5.97. The molecule has 0 amide bonds. The highest BCUT2D eigenvalue weighted by molar-refractivity contribution is 5.81. The van der Waals surface area contributed by atoms with Crippen molar-refractivity contribution in [2.45, 2.75) is 6.18 Å². The van der Waals surface area contributed by atoms with Crippen molar-refractivity contribution in [3.63, 3.8) is 0 Å². The Kier molecular flexibility index (Phi) is 3.05. The van der Waals surface area contributed by atoms with Crippen LogP contribution in [-0.4, -0.2) is 24.6 Å². The Morgan fingerprint density at radius 3 is 2.64 bits per heavy atom. The molecule has 0 aromatic carbocycles. The van der Waals surface area contributed by atoms with Gasteiger partial charge in [-0.3, -0.25) is 9.55 Å². The third-order valence-electron chi connectivity index (χ3n) is 2.94. The molecule has 3 aromatic heterocycles. The molecule has 1 N–H and O–H groups in total. The summed E-state index contributed by atoms with van der Waals surface area (Å²) in [5.41, 5.74) is -2.18. The van der Waals surface area contributed by atoms with Gasteiger partial charge in [0.1, 0.15) is 5.52 Å². The van der Waals surface area contributed by atoms with Crippen LogP contribution in [0.1, 0.15) is 5.56 Å². The summed E-state index contributed by atoms with van der Waals surface area (Å²) in [6.45, 7) is 0. The molecule has 0 aliphatic rings. The molecule has 0 unspecified atom stereocenters. The summed E-state index contributed by atoms with van der Waals surface area (Å²) in [5, 5.41) is 9.63. The highest BCUT2D eigenvalue weighted by atomic mass is 19.4. The van der Waals surface area contributed by atoms with Gasteiger partial charge in [0, 0.05) is 12.4 Å². The average molecular weight is 308 g/mol. The monoisotopic (exact) mass is 308 g/mol. The quantitative estimate of drug-likeness (QED) is 0.742. The number of halogens is 3. The van der Waals surface area contributed by atoms with Gasteiger partial charge in [0.05, 0.1) is 23.0 Å². The number of rotatable bonds is 1. The van der Waals surface area contributed by atoms with Crippen LogP contribution in [0, 0.1) is 0 Å². The average Bonchev–Trinajstić information content (AvgIpc) is 2.47. The summed E-state index contributed by atoms with van der Waals surface area (Å²) in [6.07, 6.45) is -1.32. The second kappa shape index (κ2) is 4.79. The van der Waals surface area contributed by atoms with Crippen molar-refractivity contribution >= 4 is 11.0 Å². The summed E-state index contributed by atoms with van der Waals surface area (Å²) >= 11 is 0. The summed E-state index contributed by atoms with van der Waals surface area (Å²) in [5.74, 6) is -0.728. The molecular formula is C13H7F3N4O2. The Bertz CT molecular complexity index is 907. The molecule has 0 radical (unpaired) electrons. The van der Waals surface area contributed by atoms with E-state index in [1.54, 1.807) is 0 Å². The van der Waals surface area contributed by atoms with Gasteiger partial charge in [-0.2, -0.15) is 18.2 Å². The van der Waals surface area contributed by atoms with Crippen molar-refractivity contribution in [1.82, 2.24) is 19.5 Å². The maximum absolute atomic E-state index is 12.8. The maximum Gasteiger partial charge on any atom is 0.417 e. The second-order valence-corrected chi connectivity index (χ2v) is 4.35. The Labute approximate surface area is 120 Å². The third kappa shape index (κ3) is 2.26. The Morgan fingerprint density at radius 2 is 2.00 bits per heavy atom. The second-order valence-electron chi connectivity index (χ2n) is 4.35. The molecule has 112 valence electrons. The van der Waals surface area contributed by atoms with Crippen molar-refractivity contribution in [1.29, 1.82) is 0 Å². The minimum atomic E-state index is -4.63. The standard InChI is InChI=1S/C13H7F3N4O2/c14-13(15,16)7-4-9-10(18-5-7)11(21)19-12(22)20(9)8-2-1-3-17-6-8/h1-6H,(H,19,21,22). The number of pyridine rings is 2. The summed E-state index contributed by atoms with van der Waals surface area (Å²) < 4.78 is 39.4. The fraction of sp³-hybridized carbons (Fsp3) is 0.0769. The van der Waals surface area contributed by atoms with Gasteiger partial charge in [-0.25, -0.2) is 9.78 Å². The zero-order chi connectivity index (χ0) is 15.9. The zero-order valence-corrected chi connectivity index (χ0v) is 10.7. The summed E-state index contributed by atoms with van der Waals surface area (Å²) in [6, 6.07) is 3.73. The van der Waals surface area contributed by atoms with E-state index in [9.17, 15) is 23.1 Å². The van der Waals surface area contributed by atoms with E-state index >= 15 is 0 Å². The van der Waals surface area contributed by atoms with Gasteiger partial charge in [0.15, 0.2) is 0 Å². The normalized spacial score (nSPS) is 11.8. The molecule has 0 saturated carbocycles. The Hall–Kier alpha value is -2.97. The molecule has 9 heteroatoms. The SMILES string of the molecule is O=c1nc(O)c2ncc(C(F)(F)F)cc2n1-c1cccnc1. The molecule has 3 aromatic rings. The van der Waals surface area contributed by atoms with Crippen molar-refractivity contribution < 1.29 is 18.3 Å². The number of fused-ring (bicyclic) bond motifs is 1. The number of aromatic nitrogens is 4. The van der Waals surface area contributed by atoms with Gasteiger partial charge in [-0.05, 0) is 18.2 Å². The lowest BCUT2D eigenvalue weighted by Gasteiger charge is -2.12. The maximum atomic E-state index is 12.8. The van der Waals surface area contributed by atoms with E-state index in [1.807, 2.05) is 0 Å². The first-order chi connectivity index (χ1) is 10.4. The smallest absolute Gasteiger partial charge is 0.417 e. The minimum Gasteiger partial charge on any atom is -0.492 e. The Balaban J connectivity index is 2.42. The van der Waals surface area contributed by atoms with Crippen LogP contribution in [0.3, 0.4) is 0 Å².